The van der Waals surface area contributed by atoms with Crippen molar-refractivity contribution in [2.24, 2.45) is 5.92 Å². The number of rotatable bonds is 2. The summed E-state index contributed by atoms with van der Waals surface area (Å²) in [5, 5.41) is 8.90. The normalized spacial score (nSPS) is 24.5. The summed E-state index contributed by atoms with van der Waals surface area (Å²) in [6.45, 7) is 0. The number of carboxylic acids is 1. The molecule has 1 N–H and O–H groups in total. The molecule has 3 heteroatoms. The Hall–Kier alpha value is -0.544. The molecule has 1 aliphatic rings. The summed E-state index contributed by atoms with van der Waals surface area (Å²) in [5.41, 5.74) is 1.36. The summed E-state index contributed by atoms with van der Waals surface area (Å²) in [7, 11) is 0. The minimum Gasteiger partial charge on any atom is -1.00 e. The Morgan fingerprint density at radius 3 is 2.19 bits per heavy atom. The SMILES string of the molecule is O=C(O)C1CCC(c2ccccc2)CC1.[H-].[H-].[Mg+2]. The molecule has 1 aromatic carbocycles. The van der Waals surface area contributed by atoms with Gasteiger partial charge in [-0.3, -0.25) is 4.79 Å². The van der Waals surface area contributed by atoms with Crippen molar-refractivity contribution in [3.8, 4) is 0 Å². The van der Waals surface area contributed by atoms with Crippen molar-refractivity contribution in [2.45, 2.75) is 31.6 Å². The van der Waals surface area contributed by atoms with Crippen LogP contribution in [0.2, 0.25) is 0 Å². The minimum atomic E-state index is -0.624. The molecule has 1 fully saturated rings. The van der Waals surface area contributed by atoms with E-state index in [9.17, 15) is 4.79 Å². The van der Waals surface area contributed by atoms with E-state index in [1.54, 1.807) is 0 Å². The Morgan fingerprint density at radius 2 is 1.69 bits per heavy atom. The molecule has 1 saturated carbocycles. The van der Waals surface area contributed by atoms with Crippen LogP contribution < -0.4 is 0 Å². The van der Waals surface area contributed by atoms with Crippen LogP contribution in [0.25, 0.3) is 0 Å². The van der Waals surface area contributed by atoms with Gasteiger partial charge in [0, 0.05) is 0 Å². The predicted molar refractivity (Wildman–Crippen MR) is 66.8 cm³/mol. The van der Waals surface area contributed by atoms with Crippen molar-refractivity contribution in [1.29, 1.82) is 0 Å². The van der Waals surface area contributed by atoms with Gasteiger partial charge in [-0.2, -0.15) is 0 Å². The molecule has 2 rings (SSSR count). The standard InChI is InChI=1S/C13H16O2.Mg.2H/c14-13(15)12-8-6-11(7-9-12)10-4-2-1-3-5-10;;;/h1-5,11-12H,6-9H2,(H,14,15);;;/q;+2;2*-1. The zero-order valence-corrected chi connectivity index (χ0v) is 10.8. The number of carboxylic acid groups (broad SMARTS) is 1. The number of hydrogen-bond donors (Lipinski definition) is 1. The predicted octanol–water partition coefficient (Wildman–Crippen LogP) is 2.89. The summed E-state index contributed by atoms with van der Waals surface area (Å²) in [6.07, 6.45) is 3.69. The van der Waals surface area contributed by atoms with Gasteiger partial charge in [-0.1, -0.05) is 30.3 Å². The molecular formula is C13H18MgO2. The Balaban J connectivity index is 0. The van der Waals surface area contributed by atoms with E-state index in [-0.39, 0.29) is 31.8 Å². The number of carbonyl (C=O) groups is 1. The third-order valence-corrected chi connectivity index (χ3v) is 3.35. The van der Waals surface area contributed by atoms with E-state index in [1.807, 2.05) is 6.07 Å². The number of aliphatic carboxylic acids is 1. The molecule has 0 amide bonds. The summed E-state index contributed by atoms with van der Waals surface area (Å²) >= 11 is 0. The molecule has 2 nitrogen and oxygen atoms in total. The van der Waals surface area contributed by atoms with Crippen LogP contribution in [0.1, 0.15) is 40.0 Å². The summed E-state index contributed by atoms with van der Waals surface area (Å²) in [6, 6.07) is 10.4. The first-order valence-corrected chi connectivity index (χ1v) is 5.55. The van der Waals surface area contributed by atoms with Crippen molar-refractivity contribution in [2.75, 3.05) is 0 Å². The Labute approximate surface area is 115 Å². The topological polar surface area (TPSA) is 37.3 Å². The van der Waals surface area contributed by atoms with Crippen LogP contribution >= 0.6 is 0 Å². The van der Waals surface area contributed by atoms with E-state index < -0.39 is 5.97 Å². The van der Waals surface area contributed by atoms with Gasteiger partial charge >= 0.3 is 29.0 Å². The minimum absolute atomic E-state index is 0. The zero-order valence-electron chi connectivity index (χ0n) is 11.4. The van der Waals surface area contributed by atoms with Crippen LogP contribution in [0.3, 0.4) is 0 Å². The van der Waals surface area contributed by atoms with Crippen LogP contribution in [0.15, 0.2) is 30.3 Å². The molecular weight excluding hydrogens is 212 g/mol. The monoisotopic (exact) mass is 230 g/mol. The van der Waals surface area contributed by atoms with E-state index in [1.165, 1.54) is 5.56 Å². The van der Waals surface area contributed by atoms with E-state index in [2.05, 4.69) is 24.3 Å². The molecule has 0 spiro atoms. The Bertz CT molecular complexity index is 338. The largest absolute Gasteiger partial charge is 2.00 e. The van der Waals surface area contributed by atoms with Crippen molar-refractivity contribution in [3.05, 3.63) is 35.9 Å². The van der Waals surface area contributed by atoms with Gasteiger partial charge in [0.05, 0.1) is 5.92 Å². The van der Waals surface area contributed by atoms with Crippen LogP contribution in [0.4, 0.5) is 0 Å². The second-order valence-electron chi connectivity index (χ2n) is 4.30. The van der Waals surface area contributed by atoms with Gasteiger partial charge in [-0.15, -0.1) is 0 Å². The van der Waals surface area contributed by atoms with Crippen molar-refractivity contribution in [3.63, 3.8) is 0 Å². The van der Waals surface area contributed by atoms with Gasteiger partial charge in [-0.25, -0.2) is 0 Å². The quantitative estimate of drug-likeness (QED) is 0.794. The first-order chi connectivity index (χ1) is 7.27. The molecule has 1 aliphatic carbocycles. The number of hydrogen-bond acceptors (Lipinski definition) is 1. The van der Waals surface area contributed by atoms with E-state index in [0.717, 1.165) is 25.7 Å². The maximum Gasteiger partial charge on any atom is 2.00 e. The smallest absolute Gasteiger partial charge is 1.00 e. The zero-order chi connectivity index (χ0) is 10.7. The first-order valence-electron chi connectivity index (χ1n) is 5.55. The van der Waals surface area contributed by atoms with Crippen molar-refractivity contribution < 1.29 is 12.8 Å². The molecule has 0 bridgehead atoms. The third-order valence-electron chi connectivity index (χ3n) is 3.35. The molecule has 1 aromatic rings. The maximum atomic E-state index is 10.8. The summed E-state index contributed by atoms with van der Waals surface area (Å²) < 4.78 is 0. The third kappa shape index (κ3) is 3.22. The second kappa shape index (κ2) is 6.26. The van der Waals surface area contributed by atoms with E-state index >= 15 is 0 Å². The van der Waals surface area contributed by atoms with Gasteiger partial charge in [0.15, 0.2) is 0 Å². The molecule has 0 radical (unpaired) electrons. The van der Waals surface area contributed by atoms with Gasteiger partial charge in [-0.05, 0) is 37.2 Å². The van der Waals surface area contributed by atoms with Crippen molar-refractivity contribution >= 4 is 29.0 Å². The fourth-order valence-electron chi connectivity index (χ4n) is 2.40. The molecule has 84 valence electrons. The van der Waals surface area contributed by atoms with E-state index in [0.29, 0.717) is 5.92 Å². The van der Waals surface area contributed by atoms with Gasteiger partial charge < -0.3 is 7.96 Å². The molecule has 0 heterocycles. The van der Waals surface area contributed by atoms with Gasteiger partial charge in [0.2, 0.25) is 0 Å². The van der Waals surface area contributed by atoms with Crippen LogP contribution in [-0.4, -0.2) is 34.1 Å². The maximum absolute atomic E-state index is 10.8. The first kappa shape index (κ1) is 13.5. The molecule has 0 aliphatic heterocycles. The summed E-state index contributed by atoms with van der Waals surface area (Å²) in [5.74, 6) is -0.159. The molecule has 0 atom stereocenters. The van der Waals surface area contributed by atoms with Crippen LogP contribution in [0.5, 0.6) is 0 Å². The van der Waals surface area contributed by atoms with Gasteiger partial charge in [0.25, 0.3) is 0 Å². The van der Waals surface area contributed by atoms with Crippen LogP contribution in [0, 0.1) is 5.92 Å². The molecule has 0 unspecified atom stereocenters. The van der Waals surface area contributed by atoms with E-state index in [4.69, 9.17) is 5.11 Å². The fourth-order valence-corrected chi connectivity index (χ4v) is 2.40. The Morgan fingerprint density at radius 1 is 1.12 bits per heavy atom. The molecule has 0 aromatic heterocycles. The summed E-state index contributed by atoms with van der Waals surface area (Å²) in [4.78, 5) is 10.8. The average Bonchev–Trinajstić information content (AvgIpc) is 2.30. The average molecular weight is 231 g/mol. The van der Waals surface area contributed by atoms with Gasteiger partial charge in [0.1, 0.15) is 0 Å². The molecule has 16 heavy (non-hydrogen) atoms. The van der Waals surface area contributed by atoms with Crippen molar-refractivity contribution in [1.82, 2.24) is 0 Å². The number of benzene rings is 1. The fraction of sp³-hybridized carbons (Fsp3) is 0.462. The Kier molecular flexibility index (Phi) is 5.29. The molecule has 0 saturated heterocycles. The van der Waals surface area contributed by atoms with Crippen LogP contribution in [-0.2, 0) is 4.79 Å². The second-order valence-corrected chi connectivity index (χ2v) is 4.30.